The van der Waals surface area contributed by atoms with Gasteiger partial charge in [0.25, 0.3) is 0 Å². The highest BCUT2D eigenvalue weighted by atomic mass is 16.4. The van der Waals surface area contributed by atoms with Crippen molar-refractivity contribution in [1.82, 2.24) is 0 Å². The van der Waals surface area contributed by atoms with E-state index in [1.54, 1.807) is 24.3 Å². The number of benzene rings is 2. The molecule has 0 saturated heterocycles. The zero-order chi connectivity index (χ0) is 14.5. The zero-order valence-corrected chi connectivity index (χ0v) is 11.1. The van der Waals surface area contributed by atoms with Crippen LogP contribution in [-0.2, 0) is 6.54 Å². The molecule has 2 aromatic rings. The van der Waals surface area contributed by atoms with Crippen molar-refractivity contribution in [3.63, 3.8) is 0 Å². The van der Waals surface area contributed by atoms with Gasteiger partial charge >= 0.3 is 5.97 Å². The fourth-order valence-corrected chi connectivity index (χ4v) is 1.87. The molecule has 0 heterocycles. The number of nitriles is 1. The Hall–Kier alpha value is -2.80. The number of nitrogens with zero attached hydrogens (tertiary/aromatic N) is 1. The lowest BCUT2D eigenvalue weighted by atomic mass is 10.1. The first-order valence-corrected chi connectivity index (χ1v) is 6.17. The smallest absolute Gasteiger partial charge is 0.335 e. The van der Waals surface area contributed by atoms with Gasteiger partial charge in [0.2, 0.25) is 0 Å². The van der Waals surface area contributed by atoms with Crippen LogP contribution in [0.1, 0.15) is 27.0 Å². The second kappa shape index (κ2) is 5.89. The third-order valence-corrected chi connectivity index (χ3v) is 2.98. The van der Waals surface area contributed by atoms with Crippen LogP contribution in [0.4, 0.5) is 5.69 Å². The first-order valence-electron chi connectivity index (χ1n) is 6.17. The molecule has 2 rings (SSSR count). The standard InChI is InChI=1S/C16H14N2O2/c1-11-2-7-15(14(8-11)9-17)18-10-12-3-5-13(6-4-12)16(19)20/h2-8,18H,10H2,1H3,(H,19,20). The minimum Gasteiger partial charge on any atom is -0.478 e. The largest absolute Gasteiger partial charge is 0.478 e. The summed E-state index contributed by atoms with van der Waals surface area (Å²) in [5.41, 5.74) is 3.65. The number of anilines is 1. The molecule has 20 heavy (non-hydrogen) atoms. The lowest BCUT2D eigenvalue weighted by molar-refractivity contribution is 0.0697. The highest BCUT2D eigenvalue weighted by Crippen LogP contribution is 2.17. The van der Waals surface area contributed by atoms with Crippen molar-refractivity contribution in [3.05, 3.63) is 64.7 Å². The number of aryl methyl sites for hydroxylation is 1. The van der Waals surface area contributed by atoms with Gasteiger partial charge in [-0.1, -0.05) is 18.2 Å². The summed E-state index contributed by atoms with van der Waals surface area (Å²) in [6.45, 7) is 2.48. The van der Waals surface area contributed by atoms with Crippen LogP contribution in [0.2, 0.25) is 0 Å². The molecule has 0 fully saturated rings. The Labute approximate surface area is 117 Å². The molecule has 0 aromatic heterocycles. The second-order valence-electron chi connectivity index (χ2n) is 4.52. The van der Waals surface area contributed by atoms with Gasteiger partial charge in [0.1, 0.15) is 6.07 Å². The molecule has 0 radical (unpaired) electrons. The summed E-state index contributed by atoms with van der Waals surface area (Å²) in [4.78, 5) is 10.8. The van der Waals surface area contributed by atoms with Crippen LogP contribution < -0.4 is 5.32 Å². The van der Waals surface area contributed by atoms with Gasteiger partial charge in [-0.3, -0.25) is 0 Å². The van der Waals surface area contributed by atoms with Gasteiger partial charge in [0.05, 0.1) is 16.8 Å². The van der Waals surface area contributed by atoms with E-state index in [9.17, 15) is 4.79 Å². The van der Waals surface area contributed by atoms with Crippen molar-refractivity contribution < 1.29 is 9.90 Å². The van der Waals surface area contributed by atoms with Crippen molar-refractivity contribution in [2.24, 2.45) is 0 Å². The van der Waals surface area contributed by atoms with Crippen molar-refractivity contribution in [2.45, 2.75) is 13.5 Å². The summed E-state index contributed by atoms with van der Waals surface area (Å²) in [5, 5.41) is 21.1. The average Bonchev–Trinajstić information content (AvgIpc) is 2.46. The Morgan fingerprint density at radius 2 is 1.95 bits per heavy atom. The summed E-state index contributed by atoms with van der Waals surface area (Å²) in [5.74, 6) is -0.935. The van der Waals surface area contributed by atoms with Crippen LogP contribution in [0.25, 0.3) is 0 Å². The molecule has 0 atom stereocenters. The van der Waals surface area contributed by atoms with Crippen molar-refractivity contribution in [1.29, 1.82) is 5.26 Å². The number of aromatic carboxylic acids is 1. The van der Waals surface area contributed by atoms with E-state index in [0.29, 0.717) is 12.1 Å². The number of carbonyl (C=O) groups is 1. The summed E-state index contributed by atoms with van der Waals surface area (Å²) >= 11 is 0. The molecule has 4 heteroatoms. The van der Waals surface area contributed by atoms with Crippen LogP contribution >= 0.6 is 0 Å². The Kier molecular flexibility index (Phi) is 4.02. The summed E-state index contributed by atoms with van der Waals surface area (Å²) < 4.78 is 0. The highest BCUT2D eigenvalue weighted by Gasteiger charge is 2.04. The van der Waals surface area contributed by atoms with E-state index >= 15 is 0 Å². The maximum absolute atomic E-state index is 10.8. The number of nitrogens with one attached hydrogen (secondary N) is 1. The first-order chi connectivity index (χ1) is 9.60. The van der Waals surface area contributed by atoms with E-state index in [1.807, 2.05) is 25.1 Å². The molecule has 0 amide bonds. The van der Waals surface area contributed by atoms with Gasteiger partial charge in [0, 0.05) is 6.54 Å². The number of rotatable bonds is 4. The molecule has 0 aliphatic rings. The number of carboxylic acids is 1. The van der Waals surface area contributed by atoms with E-state index in [-0.39, 0.29) is 5.56 Å². The molecule has 0 aliphatic carbocycles. The van der Waals surface area contributed by atoms with Gasteiger partial charge in [-0.15, -0.1) is 0 Å². The Bertz CT molecular complexity index is 670. The van der Waals surface area contributed by atoms with E-state index in [1.165, 1.54) is 0 Å². The fraction of sp³-hybridized carbons (Fsp3) is 0.125. The summed E-state index contributed by atoms with van der Waals surface area (Å²) in [6, 6.07) is 14.5. The highest BCUT2D eigenvalue weighted by molar-refractivity contribution is 5.87. The Morgan fingerprint density at radius 3 is 2.55 bits per heavy atom. The lowest BCUT2D eigenvalue weighted by Gasteiger charge is -2.09. The molecule has 0 saturated carbocycles. The minimum atomic E-state index is -0.935. The van der Waals surface area contributed by atoms with Gasteiger partial charge in [-0.05, 0) is 42.3 Å². The fourth-order valence-electron chi connectivity index (χ4n) is 1.87. The first kappa shape index (κ1) is 13.6. The van der Waals surface area contributed by atoms with Crippen LogP contribution in [0.15, 0.2) is 42.5 Å². The van der Waals surface area contributed by atoms with Gasteiger partial charge in [-0.25, -0.2) is 4.79 Å². The van der Waals surface area contributed by atoms with Gasteiger partial charge in [0.15, 0.2) is 0 Å². The van der Waals surface area contributed by atoms with Gasteiger partial charge in [-0.2, -0.15) is 5.26 Å². The van der Waals surface area contributed by atoms with E-state index < -0.39 is 5.97 Å². The van der Waals surface area contributed by atoms with E-state index in [4.69, 9.17) is 10.4 Å². The van der Waals surface area contributed by atoms with E-state index in [0.717, 1.165) is 16.8 Å². The molecule has 2 N–H and O–H groups in total. The van der Waals surface area contributed by atoms with Gasteiger partial charge < -0.3 is 10.4 Å². The second-order valence-corrected chi connectivity index (χ2v) is 4.52. The predicted octanol–water partition coefficient (Wildman–Crippen LogP) is 3.18. The van der Waals surface area contributed by atoms with Crippen molar-refractivity contribution in [3.8, 4) is 6.07 Å². The molecular weight excluding hydrogens is 252 g/mol. The summed E-state index contributed by atoms with van der Waals surface area (Å²) in [6.07, 6.45) is 0. The monoisotopic (exact) mass is 266 g/mol. The number of carboxylic acid groups (broad SMARTS) is 1. The molecule has 0 unspecified atom stereocenters. The van der Waals surface area contributed by atoms with Crippen LogP contribution in [-0.4, -0.2) is 11.1 Å². The Balaban J connectivity index is 2.09. The molecule has 4 nitrogen and oxygen atoms in total. The molecule has 100 valence electrons. The zero-order valence-electron chi connectivity index (χ0n) is 11.1. The molecule has 2 aromatic carbocycles. The average molecular weight is 266 g/mol. The molecule has 0 bridgehead atoms. The maximum atomic E-state index is 10.8. The topological polar surface area (TPSA) is 73.1 Å². The molecular formula is C16H14N2O2. The SMILES string of the molecule is Cc1ccc(NCc2ccc(C(=O)O)cc2)c(C#N)c1. The van der Waals surface area contributed by atoms with Crippen molar-refractivity contribution >= 4 is 11.7 Å². The predicted molar refractivity (Wildman–Crippen MR) is 76.6 cm³/mol. The minimum absolute atomic E-state index is 0.266. The van der Waals surface area contributed by atoms with Crippen LogP contribution in [0.3, 0.4) is 0 Å². The normalized spacial score (nSPS) is 9.80. The summed E-state index contributed by atoms with van der Waals surface area (Å²) in [7, 11) is 0. The molecule has 0 aliphatic heterocycles. The maximum Gasteiger partial charge on any atom is 0.335 e. The third kappa shape index (κ3) is 3.15. The quantitative estimate of drug-likeness (QED) is 0.891. The van der Waals surface area contributed by atoms with Crippen LogP contribution in [0.5, 0.6) is 0 Å². The lowest BCUT2D eigenvalue weighted by Crippen LogP contribution is -2.02. The molecule has 0 spiro atoms. The number of hydrogen-bond donors (Lipinski definition) is 2. The third-order valence-electron chi connectivity index (χ3n) is 2.98. The number of hydrogen-bond acceptors (Lipinski definition) is 3. The van der Waals surface area contributed by atoms with E-state index in [2.05, 4.69) is 11.4 Å². The Morgan fingerprint density at radius 1 is 1.25 bits per heavy atom. The van der Waals surface area contributed by atoms with Crippen molar-refractivity contribution in [2.75, 3.05) is 5.32 Å². The van der Waals surface area contributed by atoms with Crippen LogP contribution in [0, 0.1) is 18.3 Å².